The van der Waals surface area contributed by atoms with E-state index in [4.69, 9.17) is 0 Å². The first kappa shape index (κ1) is 8.96. The molecule has 0 radical (unpaired) electrons. The normalized spacial score (nSPS) is 18.7. The monoisotopic (exact) mass is 206 g/mol. The zero-order valence-electron chi connectivity index (χ0n) is 7.06. The Labute approximate surface area is 84.4 Å². The van der Waals surface area contributed by atoms with Crippen LogP contribution in [-0.2, 0) is 4.79 Å². The van der Waals surface area contributed by atoms with Gasteiger partial charge in [-0.1, -0.05) is 6.07 Å². The third-order valence-corrected chi connectivity index (χ3v) is 2.33. The summed E-state index contributed by atoms with van der Waals surface area (Å²) in [5.41, 5.74) is 1.10. The average molecular weight is 206 g/mol. The number of pyridine rings is 1. The van der Waals surface area contributed by atoms with Crippen LogP contribution in [0.25, 0.3) is 6.08 Å². The second-order valence-electron chi connectivity index (χ2n) is 2.65. The maximum absolute atomic E-state index is 11.2. The molecule has 0 aromatic carbocycles. The summed E-state index contributed by atoms with van der Waals surface area (Å²) in [5, 5.41) is 1.88. The Bertz CT molecular complexity index is 414. The summed E-state index contributed by atoms with van der Waals surface area (Å²) in [6.07, 6.45) is 4.87. The molecule has 1 aromatic heterocycles. The van der Waals surface area contributed by atoms with E-state index in [0.717, 1.165) is 5.56 Å². The number of hydrogen-bond donors (Lipinski definition) is 1. The number of thioether (sulfide) groups is 1. The third-order valence-electron chi connectivity index (χ3n) is 1.64. The van der Waals surface area contributed by atoms with Crippen molar-refractivity contribution in [1.29, 1.82) is 0 Å². The van der Waals surface area contributed by atoms with E-state index in [2.05, 4.69) is 10.3 Å². The molecule has 1 aliphatic heterocycles. The molecule has 14 heavy (non-hydrogen) atoms. The maximum atomic E-state index is 11.2. The van der Waals surface area contributed by atoms with E-state index in [1.165, 1.54) is 0 Å². The summed E-state index contributed by atoms with van der Waals surface area (Å²) < 4.78 is 0. The molecule has 0 bridgehead atoms. The summed E-state index contributed by atoms with van der Waals surface area (Å²) in [6.45, 7) is 0. The summed E-state index contributed by atoms with van der Waals surface area (Å²) in [5.74, 6) is 0. The summed E-state index contributed by atoms with van der Waals surface area (Å²) in [4.78, 5) is 25.9. The van der Waals surface area contributed by atoms with E-state index in [9.17, 15) is 9.59 Å². The van der Waals surface area contributed by atoms with Crippen molar-refractivity contribution in [3.05, 3.63) is 35.8 Å². The van der Waals surface area contributed by atoms with Gasteiger partial charge in [-0.2, -0.15) is 0 Å². The molecular formula is C9H6N2O2S. The standard InChI is InChI=1S/C9H6N2O2S/c12-8-7(11-9(13)14-8)4-6-2-1-3-10-5-6/h1-5H,(H,11,13). The molecule has 1 aliphatic rings. The van der Waals surface area contributed by atoms with Gasteiger partial charge in [-0.3, -0.25) is 14.6 Å². The molecule has 1 amide bonds. The molecule has 1 saturated heterocycles. The molecule has 0 atom stereocenters. The van der Waals surface area contributed by atoms with Crippen molar-refractivity contribution in [2.24, 2.45) is 0 Å². The van der Waals surface area contributed by atoms with Crippen LogP contribution in [-0.4, -0.2) is 15.3 Å². The molecule has 5 heteroatoms. The van der Waals surface area contributed by atoms with Crippen LogP contribution in [0.2, 0.25) is 0 Å². The van der Waals surface area contributed by atoms with Gasteiger partial charge in [0, 0.05) is 24.2 Å². The number of aromatic nitrogens is 1. The van der Waals surface area contributed by atoms with Gasteiger partial charge in [-0.05, 0) is 17.7 Å². The number of rotatable bonds is 1. The molecule has 0 aliphatic carbocycles. The van der Waals surface area contributed by atoms with Gasteiger partial charge >= 0.3 is 0 Å². The SMILES string of the molecule is O=C1NC(=Cc2cccnc2)C(=O)S1. The van der Waals surface area contributed by atoms with Crippen LogP contribution >= 0.6 is 11.8 Å². The Morgan fingerprint density at radius 2 is 2.29 bits per heavy atom. The van der Waals surface area contributed by atoms with Crippen LogP contribution in [0.15, 0.2) is 30.2 Å². The van der Waals surface area contributed by atoms with Crippen molar-refractivity contribution in [3.63, 3.8) is 0 Å². The average Bonchev–Trinajstić information content (AvgIpc) is 2.47. The van der Waals surface area contributed by atoms with E-state index in [-0.39, 0.29) is 10.4 Å². The minimum Gasteiger partial charge on any atom is -0.313 e. The van der Waals surface area contributed by atoms with Crippen LogP contribution < -0.4 is 5.32 Å². The van der Waals surface area contributed by atoms with E-state index in [1.807, 2.05) is 6.07 Å². The first-order valence-electron chi connectivity index (χ1n) is 3.90. The lowest BCUT2D eigenvalue weighted by Gasteiger charge is -1.94. The number of nitrogens with zero attached hydrogens (tertiary/aromatic N) is 1. The van der Waals surface area contributed by atoms with Gasteiger partial charge in [0.15, 0.2) is 0 Å². The Balaban J connectivity index is 2.28. The highest BCUT2D eigenvalue weighted by Crippen LogP contribution is 2.20. The molecule has 1 N–H and O–H groups in total. The quantitative estimate of drug-likeness (QED) is 0.706. The first-order chi connectivity index (χ1) is 6.75. The van der Waals surface area contributed by atoms with Gasteiger partial charge < -0.3 is 5.32 Å². The summed E-state index contributed by atoms with van der Waals surface area (Å²) in [6, 6.07) is 3.57. The predicted octanol–water partition coefficient (Wildman–Crippen LogP) is 1.41. The van der Waals surface area contributed by atoms with E-state index < -0.39 is 0 Å². The maximum Gasteiger partial charge on any atom is 0.291 e. The molecule has 4 nitrogen and oxygen atoms in total. The van der Waals surface area contributed by atoms with E-state index >= 15 is 0 Å². The molecule has 0 unspecified atom stereocenters. The minimum absolute atomic E-state index is 0.251. The lowest BCUT2D eigenvalue weighted by molar-refractivity contribution is -0.107. The number of nitrogens with one attached hydrogen (secondary N) is 1. The first-order valence-corrected chi connectivity index (χ1v) is 4.72. The predicted molar refractivity (Wildman–Crippen MR) is 53.3 cm³/mol. The Morgan fingerprint density at radius 3 is 2.86 bits per heavy atom. The van der Waals surface area contributed by atoms with Crippen LogP contribution in [0.3, 0.4) is 0 Å². The van der Waals surface area contributed by atoms with E-state index in [0.29, 0.717) is 17.5 Å². The van der Waals surface area contributed by atoms with Crippen molar-refractivity contribution in [3.8, 4) is 0 Å². The molecule has 1 fully saturated rings. The van der Waals surface area contributed by atoms with Gasteiger partial charge in [-0.15, -0.1) is 0 Å². The molecule has 0 spiro atoms. The molecule has 2 rings (SSSR count). The van der Waals surface area contributed by atoms with Crippen molar-refractivity contribution in [2.75, 3.05) is 0 Å². The van der Waals surface area contributed by atoms with Crippen LogP contribution in [0.1, 0.15) is 5.56 Å². The second-order valence-corrected chi connectivity index (χ2v) is 3.59. The number of carbonyl (C=O) groups is 2. The van der Waals surface area contributed by atoms with Crippen molar-refractivity contribution in [2.45, 2.75) is 0 Å². The van der Waals surface area contributed by atoms with Crippen LogP contribution in [0.5, 0.6) is 0 Å². The molecule has 2 heterocycles. The van der Waals surface area contributed by atoms with Gasteiger partial charge in [0.25, 0.3) is 5.24 Å². The third kappa shape index (κ3) is 1.82. The van der Waals surface area contributed by atoms with Gasteiger partial charge in [0.05, 0.1) is 5.70 Å². The molecule has 0 saturated carbocycles. The van der Waals surface area contributed by atoms with Crippen molar-refractivity contribution in [1.82, 2.24) is 10.3 Å². The highest BCUT2D eigenvalue weighted by molar-refractivity contribution is 8.27. The fourth-order valence-corrected chi connectivity index (χ4v) is 1.60. The van der Waals surface area contributed by atoms with Crippen LogP contribution in [0.4, 0.5) is 4.79 Å². The zero-order chi connectivity index (χ0) is 9.97. The fourth-order valence-electron chi connectivity index (χ4n) is 1.05. The lowest BCUT2D eigenvalue weighted by atomic mass is 10.2. The number of carbonyl (C=O) groups excluding carboxylic acids is 2. The van der Waals surface area contributed by atoms with Gasteiger partial charge in [-0.25, -0.2) is 0 Å². The van der Waals surface area contributed by atoms with Crippen molar-refractivity contribution >= 4 is 28.2 Å². The topological polar surface area (TPSA) is 59.1 Å². The number of hydrogen-bond acceptors (Lipinski definition) is 4. The largest absolute Gasteiger partial charge is 0.313 e. The smallest absolute Gasteiger partial charge is 0.291 e. The second kappa shape index (κ2) is 3.63. The summed E-state index contributed by atoms with van der Waals surface area (Å²) in [7, 11) is 0. The Morgan fingerprint density at radius 1 is 1.43 bits per heavy atom. The summed E-state index contributed by atoms with van der Waals surface area (Å²) >= 11 is 0.670. The Hall–Kier alpha value is -1.62. The molecule has 1 aromatic rings. The fraction of sp³-hybridized carbons (Fsp3) is 0. The van der Waals surface area contributed by atoms with Gasteiger partial charge in [0.2, 0.25) is 5.12 Å². The molecule has 70 valence electrons. The Kier molecular flexibility index (Phi) is 2.32. The van der Waals surface area contributed by atoms with Gasteiger partial charge in [0.1, 0.15) is 0 Å². The van der Waals surface area contributed by atoms with Crippen LogP contribution in [0, 0.1) is 0 Å². The minimum atomic E-state index is -0.329. The lowest BCUT2D eigenvalue weighted by Crippen LogP contribution is -2.10. The zero-order valence-corrected chi connectivity index (χ0v) is 7.88. The highest BCUT2D eigenvalue weighted by Gasteiger charge is 2.24. The highest BCUT2D eigenvalue weighted by atomic mass is 32.2. The van der Waals surface area contributed by atoms with Crippen molar-refractivity contribution < 1.29 is 9.59 Å². The number of amides is 1. The molecular weight excluding hydrogens is 200 g/mol. The van der Waals surface area contributed by atoms with E-state index in [1.54, 1.807) is 24.5 Å².